The van der Waals surface area contributed by atoms with Gasteiger partial charge in [-0.15, -0.1) is 0 Å². The van der Waals surface area contributed by atoms with Crippen molar-refractivity contribution in [1.82, 2.24) is 0 Å². The number of unbranched alkanes of at least 4 members (excludes halogenated alkanes) is 1. The molecule has 0 aliphatic carbocycles. The Kier molecular flexibility index (Phi) is 8.20. The Labute approximate surface area is 161 Å². The van der Waals surface area contributed by atoms with E-state index in [9.17, 15) is 13.0 Å². The second-order valence-electron chi connectivity index (χ2n) is 6.09. The first-order valence-corrected chi connectivity index (χ1v) is 10.6. The lowest BCUT2D eigenvalue weighted by molar-refractivity contribution is -0.681. The lowest BCUT2D eigenvalue weighted by Crippen LogP contribution is -2.96. The van der Waals surface area contributed by atoms with E-state index in [1.165, 1.54) is 22.0 Å². The van der Waals surface area contributed by atoms with E-state index < -0.39 is 10.1 Å². The molecule has 5 heteroatoms. The van der Waals surface area contributed by atoms with Gasteiger partial charge in [-0.05, 0) is 42.8 Å². The number of hydrogen-bond acceptors (Lipinski definition) is 3. The maximum atomic E-state index is 9.83. The van der Waals surface area contributed by atoms with Gasteiger partial charge in [0.2, 0.25) is 0 Å². The smallest absolute Gasteiger partial charge is 0.141 e. The van der Waals surface area contributed by atoms with Crippen LogP contribution in [-0.2, 0) is 10.1 Å². The molecule has 0 aromatic heterocycles. The largest absolute Gasteiger partial charge is 0.748 e. The molecule has 4 nitrogen and oxygen atoms in total. The number of nitrogens with one attached hydrogen (secondary N) is 1. The summed E-state index contributed by atoms with van der Waals surface area (Å²) >= 11 is 0. The minimum absolute atomic E-state index is 0.219. The van der Waals surface area contributed by atoms with Gasteiger partial charge in [0.05, 0.1) is 10.1 Å². The van der Waals surface area contributed by atoms with Crippen LogP contribution in [0.1, 0.15) is 19.8 Å². The molecule has 0 spiro atoms. The molecule has 0 amide bonds. The predicted molar refractivity (Wildman–Crippen MR) is 109 cm³/mol. The zero-order valence-corrected chi connectivity index (χ0v) is 16.2. The highest BCUT2D eigenvalue weighted by atomic mass is 32.2. The highest BCUT2D eigenvalue weighted by Gasteiger charge is 2.17. The van der Waals surface area contributed by atoms with Gasteiger partial charge in [0.1, 0.15) is 17.1 Å². The van der Waals surface area contributed by atoms with Crippen molar-refractivity contribution in [3.05, 3.63) is 91.0 Å². The topological polar surface area (TPSA) is 61.6 Å². The number of rotatable bonds is 6. The van der Waals surface area contributed by atoms with Crippen LogP contribution < -0.4 is 4.90 Å². The Hall–Kier alpha value is -2.47. The molecule has 0 heterocycles. The number of quaternary nitrogens is 1. The van der Waals surface area contributed by atoms with Gasteiger partial charge in [0.25, 0.3) is 0 Å². The highest BCUT2D eigenvalue weighted by Crippen LogP contribution is 2.13. The highest BCUT2D eigenvalue weighted by molar-refractivity contribution is 7.85. The summed E-state index contributed by atoms with van der Waals surface area (Å²) in [6.07, 6.45) is 1.23. The maximum absolute atomic E-state index is 9.83. The zero-order chi connectivity index (χ0) is 19.5. The summed E-state index contributed by atoms with van der Waals surface area (Å²) in [5.74, 6) is -0.219. The molecule has 0 saturated heterocycles. The third kappa shape index (κ3) is 7.35. The van der Waals surface area contributed by atoms with Crippen LogP contribution in [0.3, 0.4) is 0 Å². The van der Waals surface area contributed by atoms with Crippen molar-refractivity contribution in [2.75, 3.05) is 5.75 Å². The Morgan fingerprint density at radius 1 is 0.704 bits per heavy atom. The molecule has 0 bridgehead atoms. The minimum atomic E-state index is -3.94. The SMILES string of the molecule is CCCCS(=O)(=O)[O-].c1ccc([NH+](c2ccccc2)c2ccccc2)cc1. The van der Waals surface area contributed by atoms with E-state index in [1.807, 2.05) is 6.92 Å². The van der Waals surface area contributed by atoms with Crippen molar-refractivity contribution in [2.45, 2.75) is 19.8 Å². The molecular weight excluding hydrogens is 358 g/mol. The van der Waals surface area contributed by atoms with Crippen molar-refractivity contribution < 1.29 is 17.9 Å². The average molecular weight is 384 g/mol. The third-order valence-corrected chi connectivity index (χ3v) is 4.72. The Morgan fingerprint density at radius 3 is 1.26 bits per heavy atom. The van der Waals surface area contributed by atoms with Crippen molar-refractivity contribution in [3.63, 3.8) is 0 Å². The van der Waals surface area contributed by atoms with Gasteiger partial charge in [-0.25, -0.2) is 13.3 Å². The van der Waals surface area contributed by atoms with E-state index in [-0.39, 0.29) is 5.75 Å². The fraction of sp³-hybridized carbons (Fsp3) is 0.182. The second kappa shape index (κ2) is 10.6. The van der Waals surface area contributed by atoms with E-state index in [0.717, 1.165) is 6.42 Å². The quantitative estimate of drug-likeness (QED) is 0.649. The summed E-state index contributed by atoms with van der Waals surface area (Å²) in [5.41, 5.74) is 3.75. The van der Waals surface area contributed by atoms with Crippen LogP contribution in [0, 0.1) is 0 Å². The van der Waals surface area contributed by atoms with E-state index in [0.29, 0.717) is 6.42 Å². The van der Waals surface area contributed by atoms with Gasteiger partial charge < -0.3 is 4.55 Å². The summed E-state index contributed by atoms with van der Waals surface area (Å²) < 4.78 is 29.5. The van der Waals surface area contributed by atoms with Crippen LogP contribution >= 0.6 is 0 Å². The second-order valence-corrected chi connectivity index (χ2v) is 7.61. The van der Waals surface area contributed by atoms with E-state index in [1.54, 1.807) is 0 Å². The molecule has 0 aliphatic heterocycles. The lowest BCUT2D eigenvalue weighted by Gasteiger charge is -2.18. The number of benzene rings is 3. The molecule has 0 unspecified atom stereocenters. The third-order valence-electron chi connectivity index (χ3n) is 3.94. The lowest BCUT2D eigenvalue weighted by atomic mass is 10.2. The molecule has 1 N–H and O–H groups in total. The maximum Gasteiger partial charge on any atom is 0.141 e. The molecule has 142 valence electrons. The summed E-state index contributed by atoms with van der Waals surface area (Å²) in [7, 11) is -3.94. The number of hydrogen-bond donors (Lipinski definition) is 1. The van der Waals surface area contributed by atoms with Gasteiger partial charge in [0, 0.05) is 5.75 Å². The monoisotopic (exact) mass is 383 g/mol. The Morgan fingerprint density at radius 2 is 1.04 bits per heavy atom. The van der Waals surface area contributed by atoms with Crippen LogP contribution in [0.15, 0.2) is 91.0 Å². The molecular formula is C22H25NO3S. The molecule has 0 fully saturated rings. The first kappa shape index (κ1) is 20.8. The minimum Gasteiger partial charge on any atom is -0.748 e. The van der Waals surface area contributed by atoms with Crippen LogP contribution in [0.2, 0.25) is 0 Å². The van der Waals surface area contributed by atoms with Crippen LogP contribution in [0.4, 0.5) is 17.1 Å². The van der Waals surface area contributed by atoms with Gasteiger partial charge >= 0.3 is 0 Å². The van der Waals surface area contributed by atoms with Gasteiger partial charge in [-0.2, -0.15) is 0 Å². The van der Waals surface area contributed by atoms with Crippen LogP contribution in [0.5, 0.6) is 0 Å². The molecule has 0 atom stereocenters. The Balaban J connectivity index is 0.000000279. The van der Waals surface area contributed by atoms with Crippen LogP contribution in [0.25, 0.3) is 0 Å². The molecule has 27 heavy (non-hydrogen) atoms. The van der Waals surface area contributed by atoms with Gasteiger partial charge in [-0.1, -0.05) is 67.9 Å². The van der Waals surface area contributed by atoms with E-state index in [4.69, 9.17) is 0 Å². The van der Waals surface area contributed by atoms with Crippen molar-refractivity contribution in [1.29, 1.82) is 0 Å². The summed E-state index contributed by atoms with van der Waals surface area (Å²) in [6.45, 7) is 1.84. The molecule has 0 radical (unpaired) electrons. The first-order valence-electron chi connectivity index (χ1n) is 8.98. The molecule has 3 aromatic carbocycles. The van der Waals surface area contributed by atoms with Crippen molar-refractivity contribution in [3.8, 4) is 0 Å². The van der Waals surface area contributed by atoms with Crippen molar-refractivity contribution >= 4 is 27.2 Å². The fourth-order valence-electron chi connectivity index (χ4n) is 2.64. The van der Waals surface area contributed by atoms with Gasteiger partial charge in [-0.3, -0.25) is 0 Å². The Bertz CT molecular complexity index is 789. The molecule has 3 aromatic rings. The average Bonchev–Trinajstić information content (AvgIpc) is 2.69. The summed E-state index contributed by atoms with van der Waals surface area (Å²) in [4.78, 5) is 1.28. The van der Waals surface area contributed by atoms with E-state index in [2.05, 4.69) is 91.0 Å². The standard InChI is InChI=1S/C18H15N.C4H10O3S/c1-4-10-16(11-5-1)19(17-12-6-2-7-13-17)18-14-8-3-9-15-18;1-2-3-4-8(5,6)7/h1-15H;2-4H2,1H3,(H,5,6,7). The normalized spacial score (nSPS) is 10.9. The molecule has 3 rings (SSSR count). The zero-order valence-electron chi connectivity index (χ0n) is 15.4. The predicted octanol–water partition coefficient (Wildman–Crippen LogP) is 4.20. The van der Waals surface area contributed by atoms with Crippen LogP contribution in [-0.4, -0.2) is 18.7 Å². The number of para-hydroxylation sites is 3. The van der Waals surface area contributed by atoms with Gasteiger partial charge in [0.15, 0.2) is 0 Å². The van der Waals surface area contributed by atoms with E-state index >= 15 is 0 Å². The summed E-state index contributed by atoms with van der Waals surface area (Å²) in [6, 6.07) is 31.6. The molecule has 0 saturated carbocycles. The fourth-order valence-corrected chi connectivity index (χ4v) is 3.28. The molecule has 0 aliphatic rings. The van der Waals surface area contributed by atoms with Crippen molar-refractivity contribution in [2.24, 2.45) is 0 Å². The summed E-state index contributed by atoms with van der Waals surface area (Å²) in [5, 5.41) is 0. The first-order chi connectivity index (χ1) is 13.0.